The topological polar surface area (TPSA) is 52.0 Å². The molecule has 0 radical (unpaired) electrons. The van der Waals surface area contributed by atoms with Crippen molar-refractivity contribution in [3.63, 3.8) is 0 Å². The molecule has 30 heavy (non-hydrogen) atoms. The number of nitrogens with two attached hydrogens (primary N) is 1. The monoisotopic (exact) mass is 491 g/mol. The van der Waals surface area contributed by atoms with Gasteiger partial charge in [-0.15, -0.1) is 11.3 Å². The number of fused-ring (bicyclic) bond motifs is 1. The van der Waals surface area contributed by atoms with E-state index in [-0.39, 0.29) is 35.1 Å². The number of hydrogen-bond donors (Lipinski definition) is 1. The largest absolute Gasteiger partial charge is 1.00 e. The van der Waals surface area contributed by atoms with Gasteiger partial charge in [0.25, 0.3) is 0 Å². The number of benzene rings is 2. The maximum absolute atomic E-state index is 13.8. The smallest absolute Gasteiger partial charge is 0.179 e. The fraction of sp³-hybridized carbons (Fsp3) is 0.182. The van der Waals surface area contributed by atoms with E-state index in [9.17, 15) is 8.78 Å². The quantitative estimate of drug-likeness (QED) is 0.412. The van der Waals surface area contributed by atoms with Crippen molar-refractivity contribution >= 4 is 21.6 Å². The SMILES string of the molecule is COc1ccc2nc(C(N)Cc3cc[n+](Cc4c(F)cccc4F)cc3)sc2c1.[Br-]. The zero-order valence-corrected chi connectivity index (χ0v) is 18.6. The van der Waals surface area contributed by atoms with Gasteiger partial charge in [-0.2, -0.15) is 0 Å². The number of aromatic nitrogens is 2. The van der Waals surface area contributed by atoms with Crippen LogP contribution in [0.3, 0.4) is 0 Å². The molecule has 0 bridgehead atoms. The molecule has 0 spiro atoms. The molecule has 2 aromatic carbocycles. The van der Waals surface area contributed by atoms with Gasteiger partial charge < -0.3 is 27.5 Å². The third kappa shape index (κ3) is 4.83. The Labute approximate surface area is 187 Å². The maximum Gasteiger partial charge on any atom is 0.179 e. The fourth-order valence-corrected chi connectivity index (χ4v) is 4.14. The molecule has 0 aliphatic heterocycles. The van der Waals surface area contributed by atoms with Crippen LogP contribution in [0.5, 0.6) is 5.75 Å². The van der Waals surface area contributed by atoms with Crippen LogP contribution in [0.2, 0.25) is 0 Å². The minimum Gasteiger partial charge on any atom is -1.00 e. The molecule has 8 heteroatoms. The van der Waals surface area contributed by atoms with Crippen molar-refractivity contribution < 1.29 is 35.1 Å². The van der Waals surface area contributed by atoms with Gasteiger partial charge in [0.15, 0.2) is 18.9 Å². The minimum absolute atomic E-state index is 0. The van der Waals surface area contributed by atoms with Crippen LogP contribution in [-0.4, -0.2) is 12.1 Å². The summed E-state index contributed by atoms with van der Waals surface area (Å²) in [4.78, 5) is 4.63. The number of halogens is 3. The maximum atomic E-state index is 13.8. The second kappa shape index (κ2) is 9.59. The third-order valence-corrected chi connectivity index (χ3v) is 5.90. The number of nitrogens with zero attached hydrogens (tertiary/aromatic N) is 2. The zero-order chi connectivity index (χ0) is 20.4. The lowest BCUT2D eigenvalue weighted by Gasteiger charge is -2.08. The number of ether oxygens (including phenoxy) is 1. The Morgan fingerprint density at radius 2 is 1.80 bits per heavy atom. The van der Waals surface area contributed by atoms with E-state index in [0.717, 1.165) is 26.5 Å². The molecule has 4 aromatic rings. The van der Waals surface area contributed by atoms with E-state index in [0.29, 0.717) is 6.42 Å². The Balaban J connectivity index is 0.00000256. The Hall–Kier alpha value is -2.42. The molecule has 0 aliphatic rings. The summed E-state index contributed by atoms with van der Waals surface area (Å²) in [6, 6.07) is 13.2. The number of rotatable bonds is 6. The first-order chi connectivity index (χ1) is 14.0. The Bertz CT molecular complexity index is 1130. The number of pyridine rings is 1. The summed E-state index contributed by atoms with van der Waals surface area (Å²) in [5, 5.41) is 0.860. The molecule has 0 saturated heterocycles. The van der Waals surface area contributed by atoms with Crippen LogP contribution in [0.15, 0.2) is 60.9 Å². The van der Waals surface area contributed by atoms with Gasteiger partial charge in [0, 0.05) is 12.1 Å². The minimum atomic E-state index is -0.545. The molecule has 2 aromatic heterocycles. The Morgan fingerprint density at radius 3 is 2.47 bits per heavy atom. The van der Waals surface area contributed by atoms with Gasteiger partial charge in [0.2, 0.25) is 0 Å². The molecule has 156 valence electrons. The highest BCUT2D eigenvalue weighted by molar-refractivity contribution is 7.18. The molecular weight excluding hydrogens is 472 g/mol. The standard InChI is InChI=1S/C22H20F2N3OS.BrH/c1-28-15-5-6-20-21(12-15)29-22(26-20)19(25)11-14-7-9-27(10-8-14)13-16-17(23)3-2-4-18(16)24;/h2-10,12,19H,11,13,25H2,1H3;1H/q+1;/p-1. The fourth-order valence-electron chi connectivity index (χ4n) is 3.15. The molecule has 0 aliphatic carbocycles. The molecule has 4 rings (SSSR count). The predicted octanol–water partition coefficient (Wildman–Crippen LogP) is 1.17. The molecule has 4 nitrogen and oxygen atoms in total. The first kappa shape index (κ1) is 22.3. The summed E-state index contributed by atoms with van der Waals surface area (Å²) >= 11 is 1.56. The van der Waals surface area contributed by atoms with Crippen LogP contribution in [-0.2, 0) is 13.0 Å². The van der Waals surface area contributed by atoms with Crippen LogP contribution < -0.4 is 32.0 Å². The van der Waals surface area contributed by atoms with E-state index in [1.165, 1.54) is 18.2 Å². The van der Waals surface area contributed by atoms with E-state index < -0.39 is 11.6 Å². The van der Waals surface area contributed by atoms with E-state index in [2.05, 4.69) is 4.98 Å². The van der Waals surface area contributed by atoms with Crippen molar-refractivity contribution in [2.75, 3.05) is 7.11 Å². The second-order valence-electron chi connectivity index (χ2n) is 6.78. The van der Waals surface area contributed by atoms with E-state index >= 15 is 0 Å². The van der Waals surface area contributed by atoms with Crippen molar-refractivity contribution in [1.82, 2.24) is 4.98 Å². The zero-order valence-electron chi connectivity index (χ0n) is 16.2. The lowest BCUT2D eigenvalue weighted by atomic mass is 10.1. The molecule has 0 amide bonds. The van der Waals surface area contributed by atoms with Gasteiger partial charge >= 0.3 is 0 Å². The van der Waals surface area contributed by atoms with Gasteiger partial charge in [0.05, 0.1) is 28.9 Å². The highest BCUT2D eigenvalue weighted by Crippen LogP contribution is 2.29. The molecule has 2 heterocycles. The van der Waals surface area contributed by atoms with Crippen LogP contribution in [0.1, 0.15) is 22.2 Å². The lowest BCUT2D eigenvalue weighted by Crippen LogP contribution is -3.00. The summed E-state index contributed by atoms with van der Waals surface area (Å²) in [6.45, 7) is 0.130. The summed E-state index contributed by atoms with van der Waals surface area (Å²) in [5.74, 6) is -0.299. The van der Waals surface area contributed by atoms with Crippen LogP contribution in [0, 0.1) is 11.6 Å². The van der Waals surface area contributed by atoms with Crippen LogP contribution in [0.4, 0.5) is 8.78 Å². The van der Waals surface area contributed by atoms with Gasteiger partial charge in [-0.3, -0.25) is 0 Å². The summed E-state index contributed by atoms with van der Waals surface area (Å²) in [7, 11) is 1.64. The molecule has 1 atom stereocenters. The van der Waals surface area contributed by atoms with Crippen LogP contribution in [0.25, 0.3) is 10.2 Å². The van der Waals surface area contributed by atoms with Gasteiger partial charge in [-0.05, 0) is 42.3 Å². The Morgan fingerprint density at radius 1 is 1.10 bits per heavy atom. The van der Waals surface area contributed by atoms with Crippen molar-refractivity contribution in [3.8, 4) is 5.75 Å². The van der Waals surface area contributed by atoms with Crippen LogP contribution >= 0.6 is 11.3 Å². The van der Waals surface area contributed by atoms with Gasteiger partial charge in [-0.1, -0.05) is 6.07 Å². The van der Waals surface area contributed by atoms with Crippen molar-refractivity contribution in [2.45, 2.75) is 19.0 Å². The van der Waals surface area contributed by atoms with Crippen molar-refractivity contribution in [1.29, 1.82) is 0 Å². The van der Waals surface area contributed by atoms with Gasteiger partial charge in [-0.25, -0.2) is 18.3 Å². The van der Waals surface area contributed by atoms with E-state index in [4.69, 9.17) is 10.5 Å². The van der Waals surface area contributed by atoms with Crippen molar-refractivity contribution in [2.24, 2.45) is 5.73 Å². The summed E-state index contributed by atoms with van der Waals surface area (Å²) < 4.78 is 35.7. The first-order valence-corrected chi connectivity index (χ1v) is 9.96. The number of methoxy groups -OCH3 is 1. The number of thiazole rings is 1. The predicted molar refractivity (Wildman–Crippen MR) is 109 cm³/mol. The number of hydrogen-bond acceptors (Lipinski definition) is 4. The molecule has 0 fully saturated rings. The molecule has 0 saturated carbocycles. The molecule has 2 N–H and O–H groups in total. The van der Waals surface area contributed by atoms with E-state index in [1.807, 2.05) is 30.3 Å². The summed E-state index contributed by atoms with van der Waals surface area (Å²) in [5.41, 5.74) is 8.35. The third-order valence-electron chi connectivity index (χ3n) is 4.75. The van der Waals surface area contributed by atoms with Gasteiger partial charge in [0.1, 0.15) is 22.4 Å². The highest BCUT2D eigenvalue weighted by Gasteiger charge is 2.16. The first-order valence-electron chi connectivity index (χ1n) is 9.14. The average molecular weight is 492 g/mol. The summed E-state index contributed by atoms with van der Waals surface area (Å²) in [6.07, 6.45) is 4.22. The second-order valence-corrected chi connectivity index (χ2v) is 7.84. The highest BCUT2D eigenvalue weighted by atomic mass is 79.9. The lowest BCUT2D eigenvalue weighted by molar-refractivity contribution is -0.688. The molecular formula is C22H20BrF2N3OS. The molecule has 1 unspecified atom stereocenters. The van der Waals surface area contributed by atoms with Crippen molar-refractivity contribution in [3.05, 3.63) is 88.7 Å². The van der Waals surface area contributed by atoms with E-state index in [1.54, 1.807) is 35.4 Å². The Kier molecular flexibility index (Phi) is 7.12. The normalized spacial score (nSPS) is 11.9. The average Bonchev–Trinajstić information content (AvgIpc) is 3.15.